The quantitative estimate of drug-likeness (QED) is 0.848. The zero-order valence-corrected chi connectivity index (χ0v) is 12.9. The zero-order chi connectivity index (χ0) is 14.6. The van der Waals surface area contributed by atoms with Crippen LogP contribution in [0.5, 0.6) is 0 Å². The number of hydrogen-bond donors (Lipinski definition) is 2. The van der Waals surface area contributed by atoms with Gasteiger partial charge in [0, 0.05) is 44.2 Å². The van der Waals surface area contributed by atoms with E-state index >= 15 is 0 Å². The molecule has 0 unspecified atom stereocenters. The molecular formula is C13H23N3O3S. The van der Waals surface area contributed by atoms with Gasteiger partial charge < -0.3 is 15.0 Å². The summed E-state index contributed by atoms with van der Waals surface area (Å²) in [4.78, 5) is 3.36. The fourth-order valence-electron chi connectivity index (χ4n) is 2.10. The highest BCUT2D eigenvalue weighted by Crippen LogP contribution is 2.18. The molecular weight excluding hydrogens is 278 g/mol. The Labute approximate surface area is 120 Å². The number of aromatic nitrogens is 1. The number of nitrogens with zero attached hydrogens (tertiary/aromatic N) is 1. The van der Waals surface area contributed by atoms with E-state index in [4.69, 9.17) is 4.74 Å². The Morgan fingerprint density at radius 1 is 1.40 bits per heavy atom. The number of H-pyrrole nitrogens is 1. The van der Waals surface area contributed by atoms with E-state index in [0.717, 1.165) is 12.1 Å². The van der Waals surface area contributed by atoms with Gasteiger partial charge in [-0.3, -0.25) is 0 Å². The number of ether oxygens (including phenoxy) is 1. The molecule has 0 atom stereocenters. The molecule has 7 heteroatoms. The normalized spacial score (nSPS) is 18.4. The van der Waals surface area contributed by atoms with Crippen LogP contribution in [0.1, 0.15) is 26.0 Å². The van der Waals surface area contributed by atoms with Gasteiger partial charge in [0.2, 0.25) is 10.0 Å². The van der Waals surface area contributed by atoms with E-state index in [0.29, 0.717) is 43.8 Å². The summed E-state index contributed by atoms with van der Waals surface area (Å²) in [5, 5.41) is 3.26. The van der Waals surface area contributed by atoms with Gasteiger partial charge in [0.15, 0.2) is 0 Å². The first-order valence-electron chi connectivity index (χ1n) is 6.99. The first-order chi connectivity index (χ1) is 9.50. The number of sulfonamides is 1. The maximum atomic E-state index is 12.5. The lowest BCUT2D eigenvalue weighted by molar-refractivity contribution is 0.148. The number of hydrogen-bond acceptors (Lipinski definition) is 4. The first-order valence-corrected chi connectivity index (χ1v) is 8.43. The van der Waals surface area contributed by atoms with Crippen molar-refractivity contribution < 1.29 is 13.2 Å². The van der Waals surface area contributed by atoms with E-state index in [2.05, 4.69) is 24.1 Å². The molecule has 20 heavy (non-hydrogen) atoms. The van der Waals surface area contributed by atoms with Crippen LogP contribution < -0.4 is 5.32 Å². The summed E-state index contributed by atoms with van der Waals surface area (Å²) in [6, 6.07) is 2.07. The van der Waals surface area contributed by atoms with E-state index in [1.165, 1.54) is 4.31 Å². The second-order valence-corrected chi connectivity index (χ2v) is 7.20. The standard InChI is InChI=1S/C13H23N3O3S/c1-11(2)14-9-12-8-13(10-15-12)20(17,18)16-4-3-6-19-7-5-16/h8,10-11,14-15H,3-7,9H2,1-2H3. The molecule has 0 saturated carbocycles. The molecule has 0 aromatic carbocycles. The molecule has 0 spiro atoms. The molecule has 1 aromatic rings. The van der Waals surface area contributed by atoms with Crippen LogP contribution in [-0.4, -0.2) is 50.1 Å². The van der Waals surface area contributed by atoms with E-state index < -0.39 is 10.0 Å². The van der Waals surface area contributed by atoms with Gasteiger partial charge in [0.25, 0.3) is 0 Å². The molecule has 0 amide bonds. The highest BCUT2D eigenvalue weighted by Gasteiger charge is 2.26. The Hall–Kier alpha value is -0.890. The summed E-state index contributed by atoms with van der Waals surface area (Å²) >= 11 is 0. The number of nitrogens with one attached hydrogen (secondary N) is 2. The van der Waals surface area contributed by atoms with Crippen LogP contribution in [-0.2, 0) is 21.3 Å². The Morgan fingerprint density at radius 2 is 2.20 bits per heavy atom. The second-order valence-electron chi connectivity index (χ2n) is 5.27. The van der Waals surface area contributed by atoms with Crippen molar-refractivity contribution in [2.24, 2.45) is 0 Å². The topological polar surface area (TPSA) is 74.4 Å². The van der Waals surface area contributed by atoms with Gasteiger partial charge >= 0.3 is 0 Å². The van der Waals surface area contributed by atoms with Gasteiger partial charge in [-0.05, 0) is 12.5 Å². The summed E-state index contributed by atoms with van der Waals surface area (Å²) in [5.74, 6) is 0. The molecule has 1 fully saturated rings. The van der Waals surface area contributed by atoms with Crippen molar-refractivity contribution in [3.63, 3.8) is 0 Å². The van der Waals surface area contributed by atoms with E-state index in [9.17, 15) is 8.42 Å². The number of aromatic amines is 1. The smallest absolute Gasteiger partial charge is 0.244 e. The molecule has 114 valence electrons. The summed E-state index contributed by atoms with van der Waals surface area (Å²) in [6.45, 7) is 6.78. The lowest BCUT2D eigenvalue weighted by Crippen LogP contribution is -2.33. The van der Waals surface area contributed by atoms with Crippen molar-refractivity contribution in [3.8, 4) is 0 Å². The van der Waals surface area contributed by atoms with Crippen molar-refractivity contribution in [1.29, 1.82) is 0 Å². The van der Waals surface area contributed by atoms with Gasteiger partial charge in [0.1, 0.15) is 0 Å². The lowest BCUT2D eigenvalue weighted by Gasteiger charge is -2.18. The summed E-state index contributed by atoms with van der Waals surface area (Å²) in [6.07, 6.45) is 2.31. The molecule has 6 nitrogen and oxygen atoms in total. The summed E-state index contributed by atoms with van der Waals surface area (Å²) in [5.41, 5.74) is 0.878. The summed E-state index contributed by atoms with van der Waals surface area (Å²) < 4.78 is 31.8. The van der Waals surface area contributed by atoms with Crippen LogP contribution in [0.15, 0.2) is 17.2 Å². The SMILES string of the molecule is CC(C)NCc1cc(S(=O)(=O)N2CCCOCC2)c[nH]1. The highest BCUT2D eigenvalue weighted by molar-refractivity contribution is 7.89. The molecule has 1 aliphatic rings. The predicted octanol–water partition coefficient (Wildman–Crippen LogP) is 0.924. The van der Waals surface area contributed by atoms with Crippen molar-refractivity contribution in [3.05, 3.63) is 18.0 Å². The van der Waals surface area contributed by atoms with Crippen LogP contribution >= 0.6 is 0 Å². The molecule has 0 aliphatic carbocycles. The fraction of sp³-hybridized carbons (Fsp3) is 0.692. The largest absolute Gasteiger partial charge is 0.380 e. The molecule has 2 heterocycles. The Bertz CT molecular complexity index is 517. The number of rotatable bonds is 5. The van der Waals surface area contributed by atoms with Crippen LogP contribution in [0.2, 0.25) is 0 Å². The van der Waals surface area contributed by atoms with Crippen LogP contribution in [0, 0.1) is 0 Å². The highest BCUT2D eigenvalue weighted by atomic mass is 32.2. The van der Waals surface area contributed by atoms with E-state index in [1.54, 1.807) is 12.3 Å². The average Bonchev–Trinajstić information content (AvgIpc) is 2.70. The first kappa shape index (κ1) is 15.5. The maximum Gasteiger partial charge on any atom is 0.244 e. The minimum Gasteiger partial charge on any atom is -0.380 e. The molecule has 0 radical (unpaired) electrons. The zero-order valence-electron chi connectivity index (χ0n) is 12.1. The molecule has 2 rings (SSSR count). The van der Waals surface area contributed by atoms with Gasteiger partial charge in [-0.1, -0.05) is 13.8 Å². The molecule has 1 saturated heterocycles. The molecule has 2 N–H and O–H groups in total. The van der Waals surface area contributed by atoms with Gasteiger partial charge in [-0.25, -0.2) is 8.42 Å². The van der Waals surface area contributed by atoms with Crippen LogP contribution in [0.4, 0.5) is 0 Å². The Balaban J connectivity index is 2.08. The minimum absolute atomic E-state index is 0.333. The van der Waals surface area contributed by atoms with Gasteiger partial charge in [-0.15, -0.1) is 0 Å². The molecule has 1 aliphatic heterocycles. The lowest BCUT2D eigenvalue weighted by atomic mass is 10.3. The van der Waals surface area contributed by atoms with Gasteiger partial charge in [0.05, 0.1) is 11.5 Å². The molecule has 1 aromatic heterocycles. The third kappa shape index (κ3) is 3.82. The van der Waals surface area contributed by atoms with Crippen molar-refractivity contribution >= 4 is 10.0 Å². The van der Waals surface area contributed by atoms with Crippen molar-refractivity contribution in [2.45, 2.75) is 37.8 Å². The third-order valence-electron chi connectivity index (χ3n) is 3.24. The molecule has 0 bridgehead atoms. The fourth-order valence-corrected chi connectivity index (χ4v) is 3.58. The van der Waals surface area contributed by atoms with Crippen LogP contribution in [0.3, 0.4) is 0 Å². The summed E-state index contributed by atoms with van der Waals surface area (Å²) in [7, 11) is -3.41. The predicted molar refractivity (Wildman–Crippen MR) is 77.0 cm³/mol. The maximum absolute atomic E-state index is 12.5. The minimum atomic E-state index is -3.41. The van der Waals surface area contributed by atoms with E-state index in [1.807, 2.05) is 0 Å². The van der Waals surface area contributed by atoms with Gasteiger partial charge in [-0.2, -0.15) is 4.31 Å². The van der Waals surface area contributed by atoms with E-state index in [-0.39, 0.29) is 0 Å². The third-order valence-corrected chi connectivity index (χ3v) is 5.11. The van der Waals surface area contributed by atoms with Crippen LogP contribution in [0.25, 0.3) is 0 Å². The van der Waals surface area contributed by atoms with Crippen molar-refractivity contribution in [2.75, 3.05) is 26.3 Å². The Morgan fingerprint density at radius 3 is 2.95 bits per heavy atom. The van der Waals surface area contributed by atoms with Crippen molar-refractivity contribution in [1.82, 2.24) is 14.6 Å². The monoisotopic (exact) mass is 301 g/mol. The Kier molecular flexibility index (Phi) is 5.20. The average molecular weight is 301 g/mol. The second kappa shape index (κ2) is 6.71.